The molecule has 2 bridgehead atoms. The lowest BCUT2D eigenvalue weighted by Gasteiger charge is -2.62. The van der Waals surface area contributed by atoms with Crippen LogP contribution < -0.4 is 0 Å². The highest BCUT2D eigenvalue weighted by molar-refractivity contribution is 9.09. The maximum atomic E-state index is 14.3. The molecule has 5 nitrogen and oxygen atoms in total. The van der Waals surface area contributed by atoms with Crippen LogP contribution in [0.3, 0.4) is 0 Å². The van der Waals surface area contributed by atoms with E-state index >= 15 is 0 Å². The van der Waals surface area contributed by atoms with Gasteiger partial charge in [-0.15, -0.1) is 0 Å². The van der Waals surface area contributed by atoms with Crippen LogP contribution in [0.1, 0.15) is 46.5 Å². The van der Waals surface area contributed by atoms with Crippen LogP contribution in [0, 0.1) is 23.7 Å². The lowest BCUT2D eigenvalue weighted by Crippen LogP contribution is -2.76. The second-order valence-corrected chi connectivity index (χ2v) is 9.31. The summed E-state index contributed by atoms with van der Waals surface area (Å²) in [5, 5.41) is 0.277. The molecule has 0 N–H and O–H groups in total. The van der Waals surface area contributed by atoms with Gasteiger partial charge in [-0.05, 0) is 38.0 Å². The smallest absolute Gasteiger partial charge is 0.341 e. The van der Waals surface area contributed by atoms with Gasteiger partial charge in [0.05, 0.1) is 6.61 Å². The molecule has 0 radical (unpaired) electrons. The molecule has 1 saturated carbocycles. The number of ether oxygens (including phenoxy) is 3. The standard InChI is InChI=1S/C18H26BrF3O5/c1-10-4-5-13-11(2)17(18(20,21)22,23-9-8-19)25-14-16(13)12(10)6-7-15(3,24-14)26-27-16/h10-14H,4-9H2,1-3H3. The van der Waals surface area contributed by atoms with Crippen molar-refractivity contribution in [3.8, 4) is 0 Å². The van der Waals surface area contributed by atoms with Gasteiger partial charge < -0.3 is 14.2 Å². The Bertz CT molecular complexity index is 592. The van der Waals surface area contributed by atoms with Crippen LogP contribution in [0.15, 0.2) is 0 Å². The molecule has 5 rings (SSSR count). The fourth-order valence-corrected chi connectivity index (χ4v) is 5.84. The molecule has 4 saturated heterocycles. The molecule has 4 aliphatic heterocycles. The second kappa shape index (κ2) is 6.54. The van der Waals surface area contributed by atoms with Gasteiger partial charge in [0.1, 0.15) is 0 Å². The number of halogens is 4. The summed E-state index contributed by atoms with van der Waals surface area (Å²) in [7, 11) is 0. The van der Waals surface area contributed by atoms with Crippen molar-refractivity contribution in [3.05, 3.63) is 0 Å². The monoisotopic (exact) mass is 458 g/mol. The van der Waals surface area contributed by atoms with E-state index in [0.717, 1.165) is 12.8 Å². The van der Waals surface area contributed by atoms with Gasteiger partial charge >= 0.3 is 6.18 Å². The van der Waals surface area contributed by atoms with Gasteiger partial charge in [0.25, 0.3) is 5.79 Å². The van der Waals surface area contributed by atoms with E-state index in [0.29, 0.717) is 12.8 Å². The lowest BCUT2D eigenvalue weighted by molar-refractivity contribution is -0.598. The van der Waals surface area contributed by atoms with Crippen LogP contribution >= 0.6 is 15.9 Å². The topological polar surface area (TPSA) is 46.2 Å². The highest BCUT2D eigenvalue weighted by atomic mass is 79.9. The quantitative estimate of drug-likeness (QED) is 0.458. The molecule has 1 spiro atoms. The molecule has 0 aromatic heterocycles. The lowest BCUT2D eigenvalue weighted by atomic mass is 9.57. The Morgan fingerprint density at radius 1 is 1.07 bits per heavy atom. The van der Waals surface area contributed by atoms with Crippen LogP contribution in [0.5, 0.6) is 0 Å². The molecule has 9 heteroatoms. The van der Waals surface area contributed by atoms with Gasteiger partial charge in [-0.1, -0.05) is 29.8 Å². The van der Waals surface area contributed by atoms with E-state index in [9.17, 15) is 13.2 Å². The zero-order valence-corrected chi connectivity index (χ0v) is 17.3. The second-order valence-electron chi connectivity index (χ2n) is 8.52. The minimum absolute atomic E-state index is 0.00966. The zero-order valence-electron chi connectivity index (χ0n) is 15.7. The molecule has 156 valence electrons. The molecule has 8 unspecified atom stereocenters. The van der Waals surface area contributed by atoms with Crippen molar-refractivity contribution in [2.24, 2.45) is 23.7 Å². The number of hydrogen-bond acceptors (Lipinski definition) is 5. The predicted molar refractivity (Wildman–Crippen MR) is 91.6 cm³/mol. The largest absolute Gasteiger partial charge is 0.443 e. The highest BCUT2D eigenvalue weighted by Crippen LogP contribution is 2.64. The maximum Gasteiger partial charge on any atom is 0.443 e. The third kappa shape index (κ3) is 2.75. The molecule has 1 aliphatic carbocycles. The summed E-state index contributed by atoms with van der Waals surface area (Å²) in [6.45, 7) is 5.23. The van der Waals surface area contributed by atoms with E-state index in [-0.39, 0.29) is 23.8 Å². The Morgan fingerprint density at radius 2 is 1.81 bits per heavy atom. The van der Waals surface area contributed by atoms with E-state index in [1.807, 2.05) is 0 Å². The summed E-state index contributed by atoms with van der Waals surface area (Å²) in [5.74, 6) is -4.96. The van der Waals surface area contributed by atoms with Crippen molar-refractivity contribution < 1.29 is 37.2 Å². The number of rotatable bonds is 3. The third-order valence-corrected chi connectivity index (χ3v) is 7.37. The maximum absolute atomic E-state index is 14.3. The fraction of sp³-hybridized carbons (Fsp3) is 1.00. The molecular weight excluding hydrogens is 433 g/mol. The van der Waals surface area contributed by atoms with Gasteiger partial charge in [-0.25, -0.2) is 9.78 Å². The first-order valence-electron chi connectivity index (χ1n) is 9.59. The molecule has 4 heterocycles. The first-order valence-corrected chi connectivity index (χ1v) is 10.7. The fourth-order valence-electron chi connectivity index (χ4n) is 5.68. The Hall–Kier alpha value is 0.0700. The summed E-state index contributed by atoms with van der Waals surface area (Å²) in [5.41, 5.74) is -1.04. The first-order chi connectivity index (χ1) is 12.6. The average Bonchev–Trinajstić information content (AvgIpc) is 2.82. The van der Waals surface area contributed by atoms with E-state index < -0.39 is 41.5 Å². The van der Waals surface area contributed by atoms with Crippen molar-refractivity contribution in [1.29, 1.82) is 0 Å². The molecule has 5 aliphatic rings. The van der Waals surface area contributed by atoms with E-state index in [1.165, 1.54) is 0 Å². The Kier molecular flexibility index (Phi) is 4.93. The van der Waals surface area contributed by atoms with Crippen LogP contribution in [0.2, 0.25) is 0 Å². The van der Waals surface area contributed by atoms with Gasteiger partial charge in [0, 0.05) is 23.6 Å². The normalized spacial score (nSPS) is 52.3. The van der Waals surface area contributed by atoms with Gasteiger partial charge in [-0.3, -0.25) is 0 Å². The molecule has 5 fully saturated rings. The number of fused-ring (bicyclic) bond motifs is 2. The Balaban J connectivity index is 1.82. The molecule has 0 amide bonds. The van der Waals surface area contributed by atoms with E-state index in [1.54, 1.807) is 13.8 Å². The Labute approximate surface area is 165 Å². The van der Waals surface area contributed by atoms with Gasteiger partial charge in [-0.2, -0.15) is 13.2 Å². The summed E-state index contributed by atoms with van der Waals surface area (Å²) in [6, 6.07) is 0. The van der Waals surface area contributed by atoms with Gasteiger partial charge in [0.15, 0.2) is 11.9 Å². The minimum Gasteiger partial charge on any atom is -0.341 e. The highest BCUT2D eigenvalue weighted by Gasteiger charge is 2.77. The predicted octanol–water partition coefficient (Wildman–Crippen LogP) is 4.54. The van der Waals surface area contributed by atoms with Crippen LogP contribution in [0.4, 0.5) is 13.2 Å². The summed E-state index contributed by atoms with van der Waals surface area (Å²) in [6.07, 6.45) is -3.16. The van der Waals surface area contributed by atoms with Crippen LogP contribution in [-0.4, -0.2) is 41.6 Å². The van der Waals surface area contributed by atoms with Crippen molar-refractivity contribution >= 4 is 15.9 Å². The minimum atomic E-state index is -4.70. The number of hydrogen-bond donors (Lipinski definition) is 0. The molecule has 0 aromatic carbocycles. The third-order valence-electron chi connectivity index (χ3n) is 7.05. The Morgan fingerprint density at radius 3 is 2.48 bits per heavy atom. The van der Waals surface area contributed by atoms with Crippen molar-refractivity contribution in [1.82, 2.24) is 0 Å². The summed E-state index contributed by atoms with van der Waals surface area (Å²) < 4.78 is 59.9. The van der Waals surface area contributed by atoms with Gasteiger partial charge in [0.2, 0.25) is 5.79 Å². The van der Waals surface area contributed by atoms with E-state index in [4.69, 9.17) is 24.0 Å². The van der Waals surface area contributed by atoms with Crippen molar-refractivity contribution in [3.63, 3.8) is 0 Å². The molecule has 8 atom stereocenters. The molecule has 0 aromatic rings. The van der Waals surface area contributed by atoms with Crippen LogP contribution in [-0.2, 0) is 24.0 Å². The van der Waals surface area contributed by atoms with Crippen molar-refractivity contribution in [2.75, 3.05) is 11.9 Å². The SMILES string of the molecule is CC1CCC2C(C)C(OCCBr)(C(F)(F)F)OC3OC4(C)CCC1C32OO4. The number of alkyl halides is 4. The molecular formula is C18H26BrF3O5. The average molecular weight is 459 g/mol. The summed E-state index contributed by atoms with van der Waals surface area (Å²) >= 11 is 3.15. The molecule has 27 heavy (non-hydrogen) atoms. The zero-order chi connectivity index (χ0) is 19.7. The van der Waals surface area contributed by atoms with Crippen molar-refractivity contribution in [2.45, 2.75) is 76.1 Å². The first kappa shape index (κ1) is 20.3. The van der Waals surface area contributed by atoms with Crippen LogP contribution in [0.25, 0.3) is 0 Å². The van der Waals surface area contributed by atoms with E-state index in [2.05, 4.69) is 22.9 Å². The summed E-state index contributed by atoms with van der Waals surface area (Å²) in [4.78, 5) is 11.5.